The molecule has 1 aliphatic heterocycles. The Morgan fingerprint density at radius 2 is 1.54 bits per heavy atom. The average Bonchev–Trinajstić information content (AvgIpc) is 2.76. The molecule has 3 aliphatic rings. The van der Waals surface area contributed by atoms with E-state index < -0.39 is 0 Å². The molecule has 2 bridgehead atoms. The van der Waals surface area contributed by atoms with E-state index >= 15 is 0 Å². The molecule has 1 N–H and O–H groups in total. The molecule has 0 aromatic heterocycles. The first kappa shape index (κ1) is 7.50. The van der Waals surface area contributed by atoms with Gasteiger partial charge in [-0.3, -0.25) is 14.8 Å². The Balaban J connectivity index is 2.03. The quantitative estimate of drug-likeness (QED) is 0.435. The van der Waals surface area contributed by atoms with Crippen LogP contribution in [0.3, 0.4) is 0 Å². The van der Waals surface area contributed by atoms with Gasteiger partial charge in [-0.1, -0.05) is 0 Å². The molecule has 70 valence electrons. The van der Waals surface area contributed by atoms with Crippen LogP contribution in [-0.4, -0.2) is 22.1 Å². The van der Waals surface area contributed by atoms with Gasteiger partial charge in [0.1, 0.15) is 0 Å². The summed E-state index contributed by atoms with van der Waals surface area (Å²) in [6.07, 6.45) is 3.12. The number of hydroxylamine groups is 2. The molecule has 0 radical (unpaired) electrons. The molecular formula is C9H11NO3. The predicted octanol–water partition coefficient (Wildman–Crippen LogP) is 0.407. The summed E-state index contributed by atoms with van der Waals surface area (Å²) in [5.41, 5.74) is 0. The van der Waals surface area contributed by atoms with Gasteiger partial charge in [-0.05, 0) is 31.1 Å². The molecule has 2 amide bonds. The lowest BCUT2D eigenvalue weighted by molar-refractivity contribution is -0.174. The van der Waals surface area contributed by atoms with Crippen LogP contribution in [0, 0.1) is 23.7 Å². The lowest BCUT2D eigenvalue weighted by Crippen LogP contribution is -2.29. The van der Waals surface area contributed by atoms with Crippen molar-refractivity contribution in [3.63, 3.8) is 0 Å². The van der Waals surface area contributed by atoms with Crippen LogP contribution in [0.1, 0.15) is 19.3 Å². The molecule has 4 nitrogen and oxygen atoms in total. The minimum absolute atomic E-state index is 0.184. The highest BCUT2D eigenvalue weighted by Gasteiger charge is 2.60. The van der Waals surface area contributed by atoms with Crippen LogP contribution in [0.2, 0.25) is 0 Å². The van der Waals surface area contributed by atoms with Crippen LogP contribution in [0.5, 0.6) is 0 Å². The van der Waals surface area contributed by atoms with E-state index in [1.54, 1.807) is 0 Å². The minimum atomic E-state index is -0.359. The first-order valence-corrected chi connectivity index (χ1v) is 4.77. The minimum Gasteiger partial charge on any atom is -0.278 e. The molecule has 3 rings (SSSR count). The van der Waals surface area contributed by atoms with Gasteiger partial charge >= 0.3 is 0 Å². The smallest absolute Gasteiger partial charge is 0.257 e. The summed E-state index contributed by atoms with van der Waals surface area (Å²) in [4.78, 5) is 22.9. The van der Waals surface area contributed by atoms with Crippen LogP contribution in [-0.2, 0) is 9.59 Å². The number of imide groups is 1. The molecule has 4 atom stereocenters. The third-order valence-corrected chi connectivity index (χ3v) is 3.90. The van der Waals surface area contributed by atoms with E-state index in [2.05, 4.69) is 0 Å². The van der Waals surface area contributed by atoms with Gasteiger partial charge in [0.05, 0.1) is 11.8 Å². The number of fused-ring (bicyclic) bond motifs is 5. The molecular weight excluding hydrogens is 170 g/mol. The molecule has 13 heavy (non-hydrogen) atoms. The highest BCUT2D eigenvalue weighted by Crippen LogP contribution is 2.55. The normalized spacial score (nSPS) is 47.6. The molecule has 0 aromatic rings. The monoisotopic (exact) mass is 181 g/mol. The zero-order chi connectivity index (χ0) is 9.16. The molecule has 1 heterocycles. The van der Waals surface area contributed by atoms with Crippen molar-refractivity contribution in [3.8, 4) is 0 Å². The van der Waals surface area contributed by atoms with Gasteiger partial charge < -0.3 is 0 Å². The second-order valence-corrected chi connectivity index (χ2v) is 4.37. The molecule has 0 unspecified atom stereocenters. The Hall–Kier alpha value is -0.900. The number of rotatable bonds is 0. The van der Waals surface area contributed by atoms with Gasteiger partial charge in [0.25, 0.3) is 11.8 Å². The third-order valence-electron chi connectivity index (χ3n) is 3.90. The first-order chi connectivity index (χ1) is 6.20. The largest absolute Gasteiger partial charge is 0.278 e. The second-order valence-electron chi connectivity index (χ2n) is 4.37. The Morgan fingerprint density at radius 3 is 2.00 bits per heavy atom. The highest BCUT2D eigenvalue weighted by atomic mass is 16.5. The lowest BCUT2D eigenvalue weighted by atomic mass is 9.81. The summed E-state index contributed by atoms with van der Waals surface area (Å²) in [5, 5.41) is 9.52. The number of carbonyl (C=O) groups is 2. The maximum atomic E-state index is 11.4. The number of nitrogens with zero attached hydrogens (tertiary/aromatic N) is 1. The van der Waals surface area contributed by atoms with Gasteiger partial charge in [0, 0.05) is 0 Å². The molecule has 2 aliphatic carbocycles. The van der Waals surface area contributed by atoms with Crippen LogP contribution in [0.15, 0.2) is 0 Å². The molecule has 0 spiro atoms. The van der Waals surface area contributed by atoms with Crippen LogP contribution in [0.4, 0.5) is 0 Å². The van der Waals surface area contributed by atoms with Crippen LogP contribution < -0.4 is 0 Å². The Bertz CT molecular complexity index is 273. The molecule has 4 heteroatoms. The number of carbonyl (C=O) groups excluding carboxylic acids is 2. The summed E-state index contributed by atoms with van der Waals surface area (Å²) in [6.45, 7) is 0. The maximum absolute atomic E-state index is 11.4. The fourth-order valence-corrected chi connectivity index (χ4v) is 3.39. The number of amides is 2. The molecule has 3 fully saturated rings. The predicted molar refractivity (Wildman–Crippen MR) is 41.5 cm³/mol. The standard InChI is InChI=1S/C9H11NO3/c11-8-6-4-1-2-5(3-4)7(6)9(12)10(8)13/h4-7,13H,1-3H2/t4-,5-,6-,7+/m1/s1. The SMILES string of the molecule is O=C1[C@@H]2[C@@H]3CC[C@H](C3)[C@@H]2C(=O)N1O. The van der Waals surface area contributed by atoms with E-state index in [9.17, 15) is 9.59 Å². The number of hydrogen-bond acceptors (Lipinski definition) is 3. The second kappa shape index (κ2) is 2.12. The van der Waals surface area contributed by atoms with E-state index in [1.165, 1.54) is 0 Å². The van der Waals surface area contributed by atoms with E-state index in [4.69, 9.17) is 5.21 Å². The lowest BCUT2D eigenvalue weighted by Gasteiger charge is -2.18. The molecule has 0 aromatic carbocycles. The Kier molecular flexibility index (Phi) is 1.22. The van der Waals surface area contributed by atoms with Gasteiger partial charge in [-0.15, -0.1) is 0 Å². The van der Waals surface area contributed by atoms with Crippen LogP contribution in [0.25, 0.3) is 0 Å². The van der Waals surface area contributed by atoms with E-state index in [1.807, 2.05) is 0 Å². The van der Waals surface area contributed by atoms with Gasteiger partial charge in [0.15, 0.2) is 0 Å². The summed E-state index contributed by atoms with van der Waals surface area (Å²) in [7, 11) is 0. The summed E-state index contributed by atoms with van der Waals surface area (Å²) < 4.78 is 0. The highest BCUT2D eigenvalue weighted by molar-refractivity contribution is 6.04. The number of hydrogen-bond donors (Lipinski definition) is 1. The zero-order valence-electron chi connectivity index (χ0n) is 7.14. The van der Waals surface area contributed by atoms with E-state index in [0.717, 1.165) is 19.3 Å². The van der Waals surface area contributed by atoms with Crippen molar-refractivity contribution in [2.24, 2.45) is 23.7 Å². The van der Waals surface area contributed by atoms with Crippen molar-refractivity contribution in [1.29, 1.82) is 0 Å². The average molecular weight is 181 g/mol. The summed E-state index contributed by atoms with van der Waals surface area (Å²) >= 11 is 0. The van der Waals surface area contributed by atoms with Crippen molar-refractivity contribution in [1.82, 2.24) is 5.06 Å². The summed E-state index contributed by atoms with van der Waals surface area (Å²) in [5.74, 6) is -0.357. The first-order valence-electron chi connectivity index (χ1n) is 4.77. The molecule has 2 saturated carbocycles. The Labute approximate surface area is 75.5 Å². The Morgan fingerprint density at radius 1 is 1.08 bits per heavy atom. The van der Waals surface area contributed by atoms with Crippen molar-refractivity contribution >= 4 is 11.8 Å². The fraction of sp³-hybridized carbons (Fsp3) is 0.778. The van der Waals surface area contributed by atoms with Crippen molar-refractivity contribution in [2.75, 3.05) is 0 Å². The topological polar surface area (TPSA) is 57.6 Å². The fourth-order valence-electron chi connectivity index (χ4n) is 3.39. The third kappa shape index (κ3) is 0.705. The van der Waals surface area contributed by atoms with E-state index in [-0.39, 0.29) is 23.7 Å². The summed E-state index contributed by atoms with van der Waals surface area (Å²) in [6, 6.07) is 0. The molecule has 1 saturated heterocycles. The van der Waals surface area contributed by atoms with Crippen LogP contribution >= 0.6 is 0 Å². The van der Waals surface area contributed by atoms with Crippen molar-refractivity contribution in [2.45, 2.75) is 19.3 Å². The van der Waals surface area contributed by atoms with Crippen molar-refractivity contribution in [3.05, 3.63) is 0 Å². The van der Waals surface area contributed by atoms with Gasteiger partial charge in [-0.25, -0.2) is 0 Å². The maximum Gasteiger partial charge on any atom is 0.257 e. The van der Waals surface area contributed by atoms with E-state index in [0.29, 0.717) is 16.9 Å². The van der Waals surface area contributed by atoms with Crippen molar-refractivity contribution < 1.29 is 14.8 Å². The van der Waals surface area contributed by atoms with Gasteiger partial charge in [-0.2, -0.15) is 5.06 Å². The zero-order valence-corrected chi connectivity index (χ0v) is 7.14. The van der Waals surface area contributed by atoms with Gasteiger partial charge in [0.2, 0.25) is 0 Å².